The molecule has 0 heterocycles. The third kappa shape index (κ3) is 8.21. The second-order valence-electron chi connectivity index (χ2n) is 7.88. The van der Waals surface area contributed by atoms with Crippen LogP contribution in [0.25, 0.3) is 0 Å². The molecule has 1 rings (SSSR count). The van der Waals surface area contributed by atoms with Gasteiger partial charge in [-0.1, -0.05) is 59.3 Å². The Morgan fingerprint density at radius 2 is 1.71 bits per heavy atom. The van der Waals surface area contributed by atoms with Crippen molar-refractivity contribution in [2.75, 3.05) is 33.2 Å². The molecule has 1 aliphatic rings. The maximum Gasteiger partial charge on any atom is 0.00471 e. The fourth-order valence-electron chi connectivity index (χ4n) is 3.78. The van der Waals surface area contributed by atoms with E-state index in [9.17, 15) is 0 Å². The molecule has 126 valence electrons. The summed E-state index contributed by atoms with van der Waals surface area (Å²) in [6.07, 6.45) is 12.7. The van der Waals surface area contributed by atoms with Crippen LogP contribution in [-0.2, 0) is 0 Å². The van der Waals surface area contributed by atoms with Gasteiger partial charge in [0.2, 0.25) is 0 Å². The minimum atomic E-state index is 0.534. The number of nitrogens with zero attached hydrogens (tertiary/aromatic N) is 1. The van der Waals surface area contributed by atoms with Crippen molar-refractivity contribution in [3.05, 3.63) is 0 Å². The summed E-state index contributed by atoms with van der Waals surface area (Å²) in [5.74, 6) is 0.759. The Morgan fingerprint density at radius 3 is 2.29 bits per heavy atom. The standard InChI is InChI=1S/C19H40N2/c1-5-6-11-14-21(4)17-19(16-20-15-18(2)3)12-9-7-8-10-13-19/h18,20H,5-17H2,1-4H3. The van der Waals surface area contributed by atoms with Crippen molar-refractivity contribution in [3.63, 3.8) is 0 Å². The van der Waals surface area contributed by atoms with Gasteiger partial charge in [-0.2, -0.15) is 0 Å². The van der Waals surface area contributed by atoms with Gasteiger partial charge < -0.3 is 10.2 Å². The fourth-order valence-corrected chi connectivity index (χ4v) is 3.78. The van der Waals surface area contributed by atoms with Crippen LogP contribution in [0.4, 0.5) is 0 Å². The third-order valence-corrected chi connectivity index (χ3v) is 4.97. The molecular formula is C19H40N2. The molecule has 2 heteroatoms. The van der Waals surface area contributed by atoms with Crippen molar-refractivity contribution in [2.45, 2.75) is 78.6 Å². The summed E-state index contributed by atoms with van der Waals surface area (Å²) in [6.45, 7) is 11.9. The lowest BCUT2D eigenvalue weighted by Crippen LogP contribution is -2.43. The lowest BCUT2D eigenvalue weighted by Gasteiger charge is -2.37. The molecule has 0 aromatic rings. The molecule has 0 unspecified atom stereocenters. The van der Waals surface area contributed by atoms with Gasteiger partial charge in [0, 0.05) is 13.1 Å². The Labute approximate surface area is 134 Å². The van der Waals surface area contributed by atoms with Gasteiger partial charge in [-0.05, 0) is 50.7 Å². The van der Waals surface area contributed by atoms with Crippen LogP contribution in [-0.4, -0.2) is 38.1 Å². The topological polar surface area (TPSA) is 15.3 Å². The van der Waals surface area contributed by atoms with E-state index in [-0.39, 0.29) is 0 Å². The number of rotatable bonds is 10. The molecule has 1 aliphatic carbocycles. The SMILES string of the molecule is CCCCCN(C)CC1(CNCC(C)C)CCCCCC1. The van der Waals surface area contributed by atoms with Crippen LogP contribution in [0, 0.1) is 11.3 Å². The first-order valence-electron chi connectivity index (χ1n) is 9.47. The van der Waals surface area contributed by atoms with E-state index in [4.69, 9.17) is 0 Å². The first kappa shape index (κ1) is 19.0. The van der Waals surface area contributed by atoms with E-state index in [1.807, 2.05) is 0 Å². The van der Waals surface area contributed by atoms with Crippen LogP contribution in [0.3, 0.4) is 0 Å². The zero-order valence-electron chi connectivity index (χ0n) is 15.2. The minimum absolute atomic E-state index is 0.534. The highest BCUT2D eigenvalue weighted by Crippen LogP contribution is 2.35. The van der Waals surface area contributed by atoms with Crippen molar-refractivity contribution in [2.24, 2.45) is 11.3 Å². The summed E-state index contributed by atoms with van der Waals surface area (Å²) < 4.78 is 0. The van der Waals surface area contributed by atoms with E-state index in [0.29, 0.717) is 5.41 Å². The molecule has 1 saturated carbocycles. The quantitative estimate of drug-likeness (QED) is 0.464. The average molecular weight is 297 g/mol. The molecule has 1 N–H and O–H groups in total. The minimum Gasteiger partial charge on any atom is -0.316 e. The van der Waals surface area contributed by atoms with Crippen LogP contribution >= 0.6 is 0 Å². The van der Waals surface area contributed by atoms with Gasteiger partial charge in [0.15, 0.2) is 0 Å². The van der Waals surface area contributed by atoms with Crippen LogP contribution in [0.15, 0.2) is 0 Å². The van der Waals surface area contributed by atoms with Gasteiger partial charge in [-0.3, -0.25) is 0 Å². The van der Waals surface area contributed by atoms with Crippen LogP contribution in [0.2, 0.25) is 0 Å². The Balaban J connectivity index is 2.49. The molecule has 2 nitrogen and oxygen atoms in total. The zero-order valence-corrected chi connectivity index (χ0v) is 15.2. The first-order chi connectivity index (χ1) is 10.1. The molecule has 21 heavy (non-hydrogen) atoms. The van der Waals surface area contributed by atoms with Gasteiger partial charge in [-0.15, -0.1) is 0 Å². The Kier molecular flexibility index (Phi) is 9.59. The van der Waals surface area contributed by atoms with Gasteiger partial charge in [-0.25, -0.2) is 0 Å². The average Bonchev–Trinajstić information content (AvgIpc) is 2.64. The van der Waals surface area contributed by atoms with Crippen molar-refractivity contribution >= 4 is 0 Å². The Hall–Kier alpha value is -0.0800. The molecule has 0 amide bonds. The molecule has 0 spiro atoms. The highest BCUT2D eigenvalue weighted by atomic mass is 15.1. The highest BCUT2D eigenvalue weighted by molar-refractivity contribution is 4.86. The maximum atomic E-state index is 3.77. The number of hydrogen-bond donors (Lipinski definition) is 1. The predicted molar refractivity (Wildman–Crippen MR) is 94.9 cm³/mol. The van der Waals surface area contributed by atoms with Crippen molar-refractivity contribution < 1.29 is 0 Å². The largest absolute Gasteiger partial charge is 0.316 e. The molecule has 0 radical (unpaired) electrons. The van der Waals surface area contributed by atoms with Crippen LogP contribution < -0.4 is 5.32 Å². The Bertz CT molecular complexity index is 242. The number of unbranched alkanes of at least 4 members (excludes halogenated alkanes) is 2. The normalized spacial score (nSPS) is 19.1. The van der Waals surface area contributed by atoms with Gasteiger partial charge in [0.1, 0.15) is 0 Å². The number of hydrogen-bond acceptors (Lipinski definition) is 2. The predicted octanol–water partition coefficient (Wildman–Crippen LogP) is 4.69. The molecule has 0 aromatic carbocycles. The monoisotopic (exact) mass is 296 g/mol. The summed E-state index contributed by atoms with van der Waals surface area (Å²) in [5, 5.41) is 3.77. The van der Waals surface area contributed by atoms with E-state index in [1.165, 1.54) is 84.0 Å². The summed E-state index contributed by atoms with van der Waals surface area (Å²) in [4.78, 5) is 2.61. The van der Waals surface area contributed by atoms with Crippen LogP contribution in [0.5, 0.6) is 0 Å². The second-order valence-corrected chi connectivity index (χ2v) is 7.88. The molecule has 0 atom stereocenters. The maximum absolute atomic E-state index is 3.77. The smallest absolute Gasteiger partial charge is 0.00471 e. The summed E-state index contributed by atoms with van der Waals surface area (Å²) in [7, 11) is 2.34. The van der Waals surface area contributed by atoms with Gasteiger partial charge in [0.25, 0.3) is 0 Å². The third-order valence-electron chi connectivity index (χ3n) is 4.97. The molecule has 0 bridgehead atoms. The van der Waals surface area contributed by atoms with Crippen molar-refractivity contribution in [3.8, 4) is 0 Å². The molecule has 1 fully saturated rings. The molecule has 0 saturated heterocycles. The van der Waals surface area contributed by atoms with Crippen molar-refractivity contribution in [1.29, 1.82) is 0 Å². The fraction of sp³-hybridized carbons (Fsp3) is 1.00. The Morgan fingerprint density at radius 1 is 1.05 bits per heavy atom. The summed E-state index contributed by atoms with van der Waals surface area (Å²) >= 11 is 0. The van der Waals surface area contributed by atoms with Crippen LogP contribution in [0.1, 0.15) is 78.6 Å². The lowest BCUT2D eigenvalue weighted by molar-refractivity contribution is 0.143. The van der Waals surface area contributed by atoms with Gasteiger partial charge >= 0.3 is 0 Å². The van der Waals surface area contributed by atoms with Gasteiger partial charge in [0.05, 0.1) is 0 Å². The summed E-state index contributed by atoms with van der Waals surface area (Å²) in [6, 6.07) is 0. The lowest BCUT2D eigenvalue weighted by atomic mass is 9.79. The second kappa shape index (κ2) is 10.6. The van der Waals surface area contributed by atoms with Crippen molar-refractivity contribution in [1.82, 2.24) is 10.2 Å². The molecule has 0 aliphatic heterocycles. The van der Waals surface area contributed by atoms with E-state index in [2.05, 4.69) is 38.0 Å². The van der Waals surface area contributed by atoms with E-state index in [0.717, 1.165) is 5.92 Å². The first-order valence-corrected chi connectivity index (χ1v) is 9.47. The highest BCUT2D eigenvalue weighted by Gasteiger charge is 2.31. The number of nitrogens with one attached hydrogen (secondary N) is 1. The van der Waals surface area contributed by atoms with E-state index >= 15 is 0 Å². The summed E-state index contributed by atoms with van der Waals surface area (Å²) in [5.41, 5.74) is 0.534. The van der Waals surface area contributed by atoms with E-state index < -0.39 is 0 Å². The molecular weight excluding hydrogens is 256 g/mol. The van der Waals surface area contributed by atoms with E-state index in [1.54, 1.807) is 0 Å². The molecule has 0 aromatic heterocycles. The zero-order chi connectivity index (χ0) is 15.6.